The van der Waals surface area contributed by atoms with Crippen LogP contribution in [0.3, 0.4) is 0 Å². The summed E-state index contributed by atoms with van der Waals surface area (Å²) in [5.74, 6) is 0. The van der Waals surface area contributed by atoms with Gasteiger partial charge < -0.3 is 15.4 Å². The Bertz CT molecular complexity index is 424. The lowest BCUT2D eigenvalue weighted by molar-refractivity contribution is -0.00523. The molecule has 5 heteroatoms. The summed E-state index contributed by atoms with van der Waals surface area (Å²) in [5.41, 5.74) is 7.41. The van der Waals surface area contributed by atoms with E-state index in [2.05, 4.69) is 18.7 Å². The van der Waals surface area contributed by atoms with Crippen LogP contribution in [0.2, 0.25) is 0 Å². The van der Waals surface area contributed by atoms with Gasteiger partial charge in [0.05, 0.1) is 17.9 Å². The van der Waals surface area contributed by atoms with Crippen molar-refractivity contribution in [2.24, 2.45) is 5.73 Å². The van der Waals surface area contributed by atoms with Crippen LogP contribution in [0, 0.1) is 0 Å². The van der Waals surface area contributed by atoms with Crippen molar-refractivity contribution in [2.45, 2.75) is 51.4 Å². The zero-order valence-corrected chi connectivity index (χ0v) is 11.9. The molecule has 1 aromatic rings. The fourth-order valence-electron chi connectivity index (χ4n) is 2.91. The highest BCUT2D eigenvalue weighted by atomic mass is 32.1. The number of aryl methyl sites for hydroxylation is 1. The van der Waals surface area contributed by atoms with Crippen LogP contribution in [0.25, 0.3) is 0 Å². The SMILES string of the molecule is C[C@@H]1CN(c2nc3c(s2)C(N)CCC3)C[C@H](C)O1. The van der Waals surface area contributed by atoms with E-state index in [-0.39, 0.29) is 18.2 Å². The molecule has 100 valence electrons. The van der Waals surface area contributed by atoms with Gasteiger partial charge in [-0.1, -0.05) is 11.3 Å². The molecule has 2 aliphatic rings. The van der Waals surface area contributed by atoms with E-state index in [1.165, 1.54) is 17.0 Å². The summed E-state index contributed by atoms with van der Waals surface area (Å²) in [5, 5.41) is 1.14. The first-order chi connectivity index (χ1) is 8.63. The Labute approximate surface area is 112 Å². The van der Waals surface area contributed by atoms with Crippen LogP contribution in [-0.2, 0) is 11.2 Å². The fourth-order valence-corrected chi connectivity index (χ4v) is 4.07. The molecule has 18 heavy (non-hydrogen) atoms. The average Bonchev–Trinajstić information content (AvgIpc) is 2.73. The van der Waals surface area contributed by atoms with E-state index >= 15 is 0 Å². The summed E-state index contributed by atoms with van der Waals surface area (Å²) in [6.07, 6.45) is 3.93. The second-order valence-corrected chi connectivity index (χ2v) is 6.48. The molecule has 0 aromatic carbocycles. The Morgan fingerprint density at radius 2 is 2.06 bits per heavy atom. The first-order valence-electron chi connectivity index (χ1n) is 6.79. The number of hydrogen-bond donors (Lipinski definition) is 1. The summed E-state index contributed by atoms with van der Waals surface area (Å²) in [4.78, 5) is 8.47. The van der Waals surface area contributed by atoms with Crippen LogP contribution in [0.5, 0.6) is 0 Å². The Morgan fingerprint density at radius 3 is 2.72 bits per heavy atom. The molecule has 3 rings (SSSR count). The number of rotatable bonds is 1. The minimum absolute atomic E-state index is 0.205. The van der Waals surface area contributed by atoms with Crippen LogP contribution in [0.4, 0.5) is 5.13 Å². The van der Waals surface area contributed by atoms with Crippen LogP contribution < -0.4 is 10.6 Å². The van der Waals surface area contributed by atoms with Crippen molar-refractivity contribution < 1.29 is 4.74 Å². The normalized spacial score (nSPS) is 32.4. The number of hydrogen-bond acceptors (Lipinski definition) is 5. The molecule has 2 heterocycles. The predicted octanol–water partition coefficient (Wildman–Crippen LogP) is 2.09. The Morgan fingerprint density at radius 1 is 1.33 bits per heavy atom. The van der Waals surface area contributed by atoms with Gasteiger partial charge in [0, 0.05) is 24.0 Å². The molecular weight excluding hydrogens is 246 g/mol. The van der Waals surface area contributed by atoms with Gasteiger partial charge in [-0.25, -0.2) is 4.98 Å². The largest absolute Gasteiger partial charge is 0.372 e. The number of thiazole rings is 1. The maximum absolute atomic E-state index is 6.17. The number of aromatic nitrogens is 1. The quantitative estimate of drug-likeness (QED) is 0.846. The second kappa shape index (κ2) is 4.79. The van der Waals surface area contributed by atoms with Crippen molar-refractivity contribution in [3.8, 4) is 0 Å². The zero-order chi connectivity index (χ0) is 12.7. The number of nitrogens with two attached hydrogens (primary N) is 1. The van der Waals surface area contributed by atoms with Gasteiger partial charge in [0.25, 0.3) is 0 Å². The van der Waals surface area contributed by atoms with Crippen LogP contribution in [-0.4, -0.2) is 30.3 Å². The summed E-state index contributed by atoms with van der Waals surface area (Å²) >= 11 is 1.79. The molecule has 0 radical (unpaired) electrons. The van der Waals surface area contributed by atoms with Gasteiger partial charge in [0.2, 0.25) is 0 Å². The van der Waals surface area contributed by atoms with Crippen molar-refractivity contribution in [1.82, 2.24) is 4.98 Å². The molecule has 1 saturated heterocycles. The van der Waals surface area contributed by atoms with Gasteiger partial charge in [0.15, 0.2) is 5.13 Å². The van der Waals surface area contributed by atoms with Crippen LogP contribution >= 0.6 is 11.3 Å². The maximum Gasteiger partial charge on any atom is 0.186 e. The maximum atomic E-state index is 6.17. The van der Waals surface area contributed by atoms with Crippen molar-refractivity contribution in [2.75, 3.05) is 18.0 Å². The molecule has 0 saturated carbocycles. The van der Waals surface area contributed by atoms with E-state index in [4.69, 9.17) is 15.5 Å². The van der Waals surface area contributed by atoms with E-state index in [1.54, 1.807) is 11.3 Å². The number of ether oxygens (including phenoxy) is 1. The molecule has 2 N–H and O–H groups in total. The number of morpholine rings is 1. The van der Waals surface area contributed by atoms with E-state index < -0.39 is 0 Å². The molecule has 0 amide bonds. The summed E-state index contributed by atoms with van der Waals surface area (Å²) in [6, 6.07) is 0.205. The van der Waals surface area contributed by atoms with E-state index in [1.807, 2.05) is 0 Å². The van der Waals surface area contributed by atoms with E-state index in [0.717, 1.165) is 31.1 Å². The zero-order valence-electron chi connectivity index (χ0n) is 11.1. The van der Waals surface area contributed by atoms with Crippen molar-refractivity contribution in [3.63, 3.8) is 0 Å². The molecule has 1 aliphatic carbocycles. The number of fused-ring (bicyclic) bond motifs is 1. The van der Waals surface area contributed by atoms with Crippen LogP contribution in [0.15, 0.2) is 0 Å². The van der Waals surface area contributed by atoms with Gasteiger partial charge in [-0.3, -0.25) is 0 Å². The van der Waals surface area contributed by atoms with E-state index in [0.29, 0.717) is 0 Å². The van der Waals surface area contributed by atoms with Crippen molar-refractivity contribution in [1.29, 1.82) is 0 Å². The first-order valence-corrected chi connectivity index (χ1v) is 7.60. The van der Waals surface area contributed by atoms with Crippen molar-refractivity contribution >= 4 is 16.5 Å². The topological polar surface area (TPSA) is 51.4 Å². The highest BCUT2D eigenvalue weighted by Crippen LogP contribution is 2.37. The molecule has 4 nitrogen and oxygen atoms in total. The highest BCUT2D eigenvalue weighted by molar-refractivity contribution is 7.15. The molecule has 1 fully saturated rings. The lowest BCUT2D eigenvalue weighted by Crippen LogP contribution is -2.45. The standard InChI is InChI=1S/C13H21N3OS/c1-8-6-16(7-9(2)17-8)13-15-11-5-3-4-10(14)12(11)18-13/h8-10H,3-7,14H2,1-2H3/t8-,9+,10?. The van der Waals surface area contributed by atoms with Crippen LogP contribution in [0.1, 0.15) is 43.3 Å². The Kier molecular flexibility index (Phi) is 3.30. The monoisotopic (exact) mass is 267 g/mol. The third kappa shape index (κ3) is 2.27. The Hall–Kier alpha value is -0.650. The van der Waals surface area contributed by atoms with Gasteiger partial charge in [-0.05, 0) is 33.1 Å². The molecule has 1 aliphatic heterocycles. The number of nitrogens with zero attached hydrogens (tertiary/aromatic N) is 2. The minimum atomic E-state index is 0.205. The predicted molar refractivity (Wildman–Crippen MR) is 74.2 cm³/mol. The molecule has 1 aromatic heterocycles. The third-order valence-electron chi connectivity index (χ3n) is 3.67. The molecule has 0 bridgehead atoms. The molecule has 1 unspecified atom stereocenters. The van der Waals surface area contributed by atoms with Gasteiger partial charge in [-0.15, -0.1) is 0 Å². The first kappa shape index (κ1) is 12.4. The third-order valence-corrected chi connectivity index (χ3v) is 4.96. The van der Waals surface area contributed by atoms with Crippen molar-refractivity contribution in [3.05, 3.63) is 10.6 Å². The molecule has 3 atom stereocenters. The van der Waals surface area contributed by atoms with Gasteiger partial charge in [-0.2, -0.15) is 0 Å². The second-order valence-electron chi connectivity index (χ2n) is 5.47. The Balaban J connectivity index is 1.84. The van der Waals surface area contributed by atoms with Gasteiger partial charge >= 0.3 is 0 Å². The molecule has 0 spiro atoms. The average molecular weight is 267 g/mol. The lowest BCUT2D eigenvalue weighted by Gasteiger charge is -2.35. The van der Waals surface area contributed by atoms with Gasteiger partial charge in [0.1, 0.15) is 0 Å². The lowest BCUT2D eigenvalue weighted by atomic mass is 9.99. The highest BCUT2D eigenvalue weighted by Gasteiger charge is 2.28. The summed E-state index contributed by atoms with van der Waals surface area (Å²) in [7, 11) is 0. The number of anilines is 1. The smallest absolute Gasteiger partial charge is 0.186 e. The van der Waals surface area contributed by atoms with E-state index in [9.17, 15) is 0 Å². The summed E-state index contributed by atoms with van der Waals surface area (Å²) < 4.78 is 5.77. The molecular formula is C13H21N3OS. The summed E-state index contributed by atoms with van der Waals surface area (Å²) in [6.45, 7) is 6.13. The fraction of sp³-hybridized carbons (Fsp3) is 0.769. The minimum Gasteiger partial charge on any atom is -0.372 e.